The molecule has 0 saturated heterocycles. The van der Waals surface area contributed by atoms with Gasteiger partial charge in [-0.1, -0.05) is 41.9 Å². The zero-order valence-electron chi connectivity index (χ0n) is 11.4. The summed E-state index contributed by atoms with van der Waals surface area (Å²) in [6.07, 6.45) is 1.23. The predicted octanol–water partition coefficient (Wildman–Crippen LogP) is 3.38. The third kappa shape index (κ3) is 4.55. The third-order valence-electron chi connectivity index (χ3n) is 3.11. The highest BCUT2D eigenvalue weighted by molar-refractivity contribution is 6.30. The standard InChI is InChI=1S/C16H16ClFN2O/c17-13-8-7-12(10-14(13)18)20-16(21)15(19)9-6-11-4-2-1-3-5-11/h1-5,7-8,10,15H,6,9,19H2,(H,20,21). The van der Waals surface area contributed by atoms with Gasteiger partial charge in [0.25, 0.3) is 0 Å². The van der Waals surface area contributed by atoms with Gasteiger partial charge in [0.15, 0.2) is 0 Å². The molecule has 0 saturated carbocycles. The Morgan fingerprint density at radius 1 is 1.24 bits per heavy atom. The maximum atomic E-state index is 13.3. The average molecular weight is 307 g/mol. The molecule has 1 unspecified atom stereocenters. The molecule has 0 bridgehead atoms. The van der Waals surface area contributed by atoms with Crippen molar-refractivity contribution in [1.82, 2.24) is 0 Å². The van der Waals surface area contributed by atoms with Crippen LogP contribution in [0.1, 0.15) is 12.0 Å². The van der Waals surface area contributed by atoms with Crippen molar-refractivity contribution in [2.45, 2.75) is 18.9 Å². The highest BCUT2D eigenvalue weighted by Gasteiger charge is 2.14. The third-order valence-corrected chi connectivity index (χ3v) is 3.42. The first-order valence-corrected chi connectivity index (χ1v) is 6.99. The number of anilines is 1. The number of aryl methyl sites for hydroxylation is 1. The molecule has 3 nitrogen and oxygen atoms in total. The largest absolute Gasteiger partial charge is 0.325 e. The minimum Gasteiger partial charge on any atom is -0.325 e. The Morgan fingerprint density at radius 2 is 1.95 bits per heavy atom. The molecular weight excluding hydrogens is 291 g/mol. The first kappa shape index (κ1) is 15.5. The van der Waals surface area contributed by atoms with Crippen LogP contribution < -0.4 is 11.1 Å². The molecule has 1 amide bonds. The number of rotatable bonds is 5. The van der Waals surface area contributed by atoms with Crippen molar-refractivity contribution in [3.05, 3.63) is 64.9 Å². The van der Waals surface area contributed by atoms with Gasteiger partial charge in [0.1, 0.15) is 5.82 Å². The van der Waals surface area contributed by atoms with E-state index in [9.17, 15) is 9.18 Å². The fourth-order valence-corrected chi connectivity index (χ4v) is 2.02. The molecule has 0 heterocycles. The molecule has 21 heavy (non-hydrogen) atoms. The van der Waals surface area contributed by atoms with Gasteiger partial charge in [-0.3, -0.25) is 4.79 Å². The van der Waals surface area contributed by atoms with E-state index < -0.39 is 11.9 Å². The van der Waals surface area contributed by atoms with E-state index in [2.05, 4.69) is 5.32 Å². The number of nitrogens with one attached hydrogen (secondary N) is 1. The highest BCUT2D eigenvalue weighted by atomic mass is 35.5. The van der Waals surface area contributed by atoms with E-state index in [-0.39, 0.29) is 10.9 Å². The van der Waals surface area contributed by atoms with Crippen LogP contribution in [0.3, 0.4) is 0 Å². The first-order valence-electron chi connectivity index (χ1n) is 6.61. The number of carbonyl (C=O) groups is 1. The van der Waals surface area contributed by atoms with Crippen LogP contribution in [0.4, 0.5) is 10.1 Å². The fraction of sp³-hybridized carbons (Fsp3) is 0.188. The van der Waals surface area contributed by atoms with Gasteiger partial charge >= 0.3 is 0 Å². The van der Waals surface area contributed by atoms with E-state index in [1.165, 1.54) is 18.2 Å². The van der Waals surface area contributed by atoms with Crippen LogP contribution in [-0.4, -0.2) is 11.9 Å². The van der Waals surface area contributed by atoms with Gasteiger partial charge in [-0.15, -0.1) is 0 Å². The molecule has 2 aromatic carbocycles. The molecule has 1 atom stereocenters. The van der Waals surface area contributed by atoms with Gasteiger partial charge in [-0.25, -0.2) is 4.39 Å². The monoisotopic (exact) mass is 306 g/mol. The Labute approximate surface area is 127 Å². The molecule has 2 rings (SSSR count). The van der Waals surface area contributed by atoms with Gasteiger partial charge in [0.05, 0.1) is 11.1 Å². The van der Waals surface area contributed by atoms with Crippen molar-refractivity contribution in [3.8, 4) is 0 Å². The molecule has 0 radical (unpaired) electrons. The van der Waals surface area contributed by atoms with Crippen LogP contribution in [0.5, 0.6) is 0 Å². The van der Waals surface area contributed by atoms with E-state index in [0.717, 1.165) is 5.56 Å². The van der Waals surface area contributed by atoms with Crippen molar-refractivity contribution < 1.29 is 9.18 Å². The van der Waals surface area contributed by atoms with Gasteiger partial charge in [0, 0.05) is 5.69 Å². The van der Waals surface area contributed by atoms with E-state index in [0.29, 0.717) is 18.5 Å². The number of hydrogen-bond donors (Lipinski definition) is 2. The van der Waals surface area contributed by atoms with E-state index in [4.69, 9.17) is 17.3 Å². The molecule has 5 heteroatoms. The minimum atomic E-state index is -0.649. The van der Waals surface area contributed by atoms with Crippen molar-refractivity contribution in [2.75, 3.05) is 5.32 Å². The number of amides is 1. The lowest BCUT2D eigenvalue weighted by atomic mass is 10.1. The summed E-state index contributed by atoms with van der Waals surface area (Å²) in [4.78, 5) is 11.9. The van der Waals surface area contributed by atoms with Crippen LogP contribution in [0.25, 0.3) is 0 Å². The Kier molecular flexibility index (Phi) is 5.31. The summed E-state index contributed by atoms with van der Waals surface area (Å²) >= 11 is 5.58. The van der Waals surface area contributed by atoms with E-state index >= 15 is 0 Å². The number of halogens is 2. The van der Waals surface area contributed by atoms with Crippen molar-refractivity contribution in [2.24, 2.45) is 5.73 Å². The second-order valence-electron chi connectivity index (χ2n) is 4.75. The zero-order chi connectivity index (χ0) is 15.2. The molecule has 0 spiro atoms. The lowest BCUT2D eigenvalue weighted by molar-refractivity contribution is -0.117. The van der Waals surface area contributed by atoms with Crippen LogP contribution >= 0.6 is 11.6 Å². The molecule has 0 aliphatic carbocycles. The summed E-state index contributed by atoms with van der Waals surface area (Å²) < 4.78 is 13.3. The lowest BCUT2D eigenvalue weighted by Crippen LogP contribution is -2.36. The smallest absolute Gasteiger partial charge is 0.241 e. The molecule has 0 fully saturated rings. The summed E-state index contributed by atoms with van der Waals surface area (Å²) in [7, 11) is 0. The number of hydrogen-bond acceptors (Lipinski definition) is 2. The van der Waals surface area contributed by atoms with Crippen LogP contribution in [-0.2, 0) is 11.2 Å². The Bertz CT molecular complexity index is 619. The summed E-state index contributed by atoms with van der Waals surface area (Å²) in [5, 5.41) is 2.60. The Balaban J connectivity index is 1.89. The average Bonchev–Trinajstić information content (AvgIpc) is 2.49. The SMILES string of the molecule is NC(CCc1ccccc1)C(=O)Nc1ccc(Cl)c(F)c1. The second kappa shape index (κ2) is 7.20. The topological polar surface area (TPSA) is 55.1 Å². The molecule has 0 aromatic heterocycles. The van der Waals surface area contributed by atoms with Gasteiger partial charge in [-0.2, -0.15) is 0 Å². The first-order chi connectivity index (χ1) is 10.1. The van der Waals surface area contributed by atoms with Crippen LogP contribution in [0.2, 0.25) is 5.02 Å². The summed E-state index contributed by atoms with van der Waals surface area (Å²) in [5.74, 6) is -0.917. The quantitative estimate of drug-likeness (QED) is 0.890. The van der Waals surface area contributed by atoms with Crippen molar-refractivity contribution in [1.29, 1.82) is 0 Å². The molecule has 2 aromatic rings. The van der Waals surface area contributed by atoms with Crippen LogP contribution in [0.15, 0.2) is 48.5 Å². The molecule has 0 aliphatic heterocycles. The number of nitrogens with two attached hydrogens (primary N) is 1. The van der Waals surface area contributed by atoms with Crippen molar-refractivity contribution in [3.63, 3.8) is 0 Å². The summed E-state index contributed by atoms with van der Waals surface area (Å²) in [6.45, 7) is 0. The molecule has 3 N–H and O–H groups in total. The minimum absolute atomic E-state index is 0.0152. The van der Waals surface area contributed by atoms with Gasteiger partial charge < -0.3 is 11.1 Å². The van der Waals surface area contributed by atoms with Gasteiger partial charge in [-0.05, 0) is 36.6 Å². The fourth-order valence-electron chi connectivity index (χ4n) is 1.91. The number of carbonyl (C=O) groups excluding carboxylic acids is 1. The number of benzene rings is 2. The molecule has 110 valence electrons. The van der Waals surface area contributed by atoms with Gasteiger partial charge in [0.2, 0.25) is 5.91 Å². The van der Waals surface area contributed by atoms with E-state index in [1.807, 2.05) is 30.3 Å². The second-order valence-corrected chi connectivity index (χ2v) is 5.16. The molecule has 0 aliphatic rings. The Morgan fingerprint density at radius 3 is 2.62 bits per heavy atom. The van der Waals surface area contributed by atoms with Crippen molar-refractivity contribution >= 4 is 23.2 Å². The lowest BCUT2D eigenvalue weighted by Gasteiger charge is -2.12. The Hall–Kier alpha value is -1.91. The normalized spacial score (nSPS) is 12.0. The maximum Gasteiger partial charge on any atom is 0.241 e. The van der Waals surface area contributed by atoms with Crippen LogP contribution in [0, 0.1) is 5.82 Å². The highest BCUT2D eigenvalue weighted by Crippen LogP contribution is 2.18. The zero-order valence-corrected chi connectivity index (χ0v) is 12.1. The van der Waals surface area contributed by atoms with E-state index in [1.54, 1.807) is 0 Å². The predicted molar refractivity (Wildman–Crippen MR) is 82.8 cm³/mol. The summed E-state index contributed by atoms with van der Waals surface area (Å²) in [6, 6.07) is 13.2. The maximum absolute atomic E-state index is 13.3. The summed E-state index contributed by atoms with van der Waals surface area (Å²) in [5.41, 5.74) is 7.32. The molecular formula is C16H16ClFN2O.